The molecule has 3 heterocycles. The number of alkyl halides is 12. The van der Waals surface area contributed by atoms with Crippen molar-refractivity contribution in [1.82, 2.24) is 34.7 Å². The number of hydrogen-bond acceptors (Lipinski definition) is 5. The van der Waals surface area contributed by atoms with Gasteiger partial charge >= 0.3 is 36.8 Å². The Morgan fingerprint density at radius 1 is 0.584 bits per heavy atom. The second kappa shape index (κ2) is 23.4. The van der Waals surface area contributed by atoms with Crippen molar-refractivity contribution < 1.29 is 75.8 Å². The van der Waals surface area contributed by atoms with Crippen LogP contribution >= 0.6 is 0 Å². The summed E-state index contributed by atoms with van der Waals surface area (Å²) < 4.78 is 188. The number of likely N-dealkylation sites (tertiary alicyclic amines) is 1. The minimum absolute atomic E-state index is 0.0441. The summed E-state index contributed by atoms with van der Waals surface area (Å²) in [5.74, 6) is -1.43. The van der Waals surface area contributed by atoms with E-state index in [0.29, 0.717) is 55.4 Å². The van der Waals surface area contributed by atoms with E-state index in [1.54, 1.807) is 44.9 Å². The zero-order valence-electron chi connectivity index (χ0n) is 43.1. The van der Waals surface area contributed by atoms with Crippen molar-refractivity contribution in [3.63, 3.8) is 0 Å². The molecule has 0 unspecified atom stereocenters. The van der Waals surface area contributed by atoms with E-state index in [0.717, 1.165) is 71.8 Å². The van der Waals surface area contributed by atoms with E-state index >= 15 is 0 Å². The van der Waals surface area contributed by atoms with Gasteiger partial charge in [0, 0.05) is 79.4 Å². The van der Waals surface area contributed by atoms with Gasteiger partial charge in [0.1, 0.15) is 11.6 Å². The Kier molecular flexibility index (Phi) is 18.3. The lowest BCUT2D eigenvalue weighted by Gasteiger charge is -2.47. The maximum atomic E-state index is 14.0. The molecule has 0 spiro atoms. The monoisotopic (exact) mass is 1110 g/mol. The molecule has 3 aliphatic heterocycles. The van der Waals surface area contributed by atoms with Crippen molar-refractivity contribution in [1.29, 1.82) is 0 Å². The average Bonchev–Trinajstić information content (AvgIpc) is 3.36. The molecular weight excluding hydrogens is 1050 g/mol. The predicted molar refractivity (Wildman–Crippen MR) is 257 cm³/mol. The van der Waals surface area contributed by atoms with Crippen LogP contribution in [0.2, 0.25) is 0 Å². The standard InChI is InChI=1S/C30H38F4N4O2.C23H21F10N3O/c1-19-14-23(17-24(15-19)30(32,33)34)21(3)35(5)29(40)38-9-8-26(37-12-10-36(11-13-37)22(4)39)18-28(38)27-7-6-25(31)16-20(27)2;1-12(13-7-14(21(25,26)27)9-15(8-13)22(28,29)30)35(2)20(37)36-6-5-34-11-19(36)17-4-3-16(24)10-18(17)23(31,32)33/h6-7,14-17,21,26,28H,8-13,18H2,1-5H3;3-4,7-10,12,19,34H,5-6,11H2,1-2H3/t21-,26+,28+;12-,19-/m11/s1. The van der Waals surface area contributed by atoms with Gasteiger partial charge < -0.3 is 29.8 Å². The SMILES string of the molecule is CC(=O)N1CCN([C@H]2CCN(C(=O)N(C)[C@H](C)c3cc(C)cc(C(F)(F)F)c3)[C@H](c3ccc(F)cc3C)C2)CC1.C[C@H](c1cc(C(F)(F)F)cc(C(F)(F)F)c1)N(C)C(=O)N1CCNC[C@@H]1c1ccc(F)cc1C(F)(F)F. The fourth-order valence-corrected chi connectivity index (χ4v) is 10.1. The van der Waals surface area contributed by atoms with E-state index in [-0.39, 0.29) is 55.5 Å². The molecule has 4 aromatic carbocycles. The highest BCUT2D eigenvalue weighted by atomic mass is 19.4. The second-order valence-electron chi connectivity index (χ2n) is 19.7. The molecule has 3 fully saturated rings. The molecule has 10 nitrogen and oxygen atoms in total. The topological polar surface area (TPSA) is 82.7 Å². The summed E-state index contributed by atoms with van der Waals surface area (Å²) in [5, 5.41) is 2.84. The van der Waals surface area contributed by atoms with Crippen LogP contribution < -0.4 is 5.32 Å². The van der Waals surface area contributed by atoms with E-state index in [4.69, 9.17) is 0 Å². The minimum Gasteiger partial charge on any atom is -0.340 e. The number of carbonyl (C=O) groups excluding carboxylic acids is 3. The van der Waals surface area contributed by atoms with Gasteiger partial charge in [0.2, 0.25) is 5.91 Å². The Morgan fingerprint density at radius 2 is 1.06 bits per heavy atom. The highest BCUT2D eigenvalue weighted by Crippen LogP contribution is 2.42. The molecule has 0 saturated carbocycles. The summed E-state index contributed by atoms with van der Waals surface area (Å²) in [4.78, 5) is 48.4. The molecule has 3 aliphatic rings. The maximum Gasteiger partial charge on any atom is 0.416 e. The first kappa shape index (κ1) is 60.1. The van der Waals surface area contributed by atoms with Crippen LogP contribution in [-0.4, -0.2) is 120 Å². The van der Waals surface area contributed by atoms with Crippen LogP contribution in [0, 0.1) is 25.5 Å². The number of benzene rings is 4. The molecule has 0 aromatic heterocycles. The largest absolute Gasteiger partial charge is 0.416 e. The van der Waals surface area contributed by atoms with Gasteiger partial charge in [-0.1, -0.05) is 23.8 Å². The van der Waals surface area contributed by atoms with Crippen LogP contribution in [0.3, 0.4) is 0 Å². The van der Waals surface area contributed by atoms with Crippen LogP contribution in [0.1, 0.15) is 113 Å². The normalized spacial score (nSPS) is 19.8. The predicted octanol–water partition coefficient (Wildman–Crippen LogP) is 12.6. The zero-order chi connectivity index (χ0) is 57.3. The van der Waals surface area contributed by atoms with Gasteiger partial charge in [0.05, 0.1) is 46.4 Å². The summed E-state index contributed by atoms with van der Waals surface area (Å²) in [6.45, 7) is 11.1. The van der Waals surface area contributed by atoms with Crippen LogP contribution in [0.15, 0.2) is 72.8 Å². The molecule has 77 heavy (non-hydrogen) atoms. The van der Waals surface area contributed by atoms with E-state index < -0.39 is 88.1 Å². The first-order chi connectivity index (χ1) is 35.7. The highest BCUT2D eigenvalue weighted by Gasteiger charge is 2.43. The van der Waals surface area contributed by atoms with Crippen molar-refractivity contribution in [2.45, 2.75) is 102 Å². The van der Waals surface area contributed by atoms with E-state index in [9.17, 15) is 75.8 Å². The summed E-state index contributed by atoms with van der Waals surface area (Å²) in [6.07, 6.45) is -18.3. The van der Waals surface area contributed by atoms with Crippen molar-refractivity contribution in [2.24, 2.45) is 0 Å². The lowest BCUT2D eigenvalue weighted by Crippen LogP contribution is -2.56. The Hall–Kier alpha value is -6.17. The van der Waals surface area contributed by atoms with Gasteiger partial charge in [-0.25, -0.2) is 18.4 Å². The molecular formula is C53H59F14N7O3. The van der Waals surface area contributed by atoms with Crippen molar-refractivity contribution in [3.05, 3.63) is 140 Å². The molecule has 1 N–H and O–H groups in total. The number of piperidine rings is 1. The molecule has 422 valence electrons. The molecule has 24 heteroatoms. The number of amides is 5. The van der Waals surface area contributed by atoms with E-state index in [1.807, 2.05) is 11.8 Å². The van der Waals surface area contributed by atoms with Crippen LogP contribution in [0.5, 0.6) is 0 Å². The Labute approximate surface area is 436 Å². The van der Waals surface area contributed by atoms with Gasteiger partial charge in [-0.05, 0) is 123 Å². The first-order valence-corrected chi connectivity index (χ1v) is 24.5. The number of carbonyl (C=O) groups is 3. The third kappa shape index (κ3) is 14.3. The Morgan fingerprint density at radius 3 is 1.56 bits per heavy atom. The molecule has 0 aliphatic carbocycles. The zero-order valence-corrected chi connectivity index (χ0v) is 43.1. The third-order valence-corrected chi connectivity index (χ3v) is 14.6. The summed E-state index contributed by atoms with van der Waals surface area (Å²) in [5.41, 5.74) is -3.55. The molecule has 5 amide bonds. The van der Waals surface area contributed by atoms with Gasteiger partial charge in [-0.2, -0.15) is 52.7 Å². The summed E-state index contributed by atoms with van der Waals surface area (Å²) in [6, 6.07) is 6.89. The molecule has 0 radical (unpaired) electrons. The minimum atomic E-state index is -5.10. The van der Waals surface area contributed by atoms with Crippen molar-refractivity contribution in [3.8, 4) is 0 Å². The molecule has 0 bridgehead atoms. The molecule has 7 rings (SSSR count). The number of halogens is 14. The number of hydrogen-bond donors (Lipinski definition) is 1. The number of aryl methyl sites for hydroxylation is 2. The van der Waals surface area contributed by atoms with Crippen LogP contribution in [0.25, 0.3) is 0 Å². The average molecular weight is 1110 g/mol. The number of nitrogens with one attached hydrogen (secondary N) is 1. The van der Waals surface area contributed by atoms with E-state index in [2.05, 4.69) is 10.2 Å². The van der Waals surface area contributed by atoms with Crippen LogP contribution in [-0.2, 0) is 29.5 Å². The smallest absolute Gasteiger partial charge is 0.340 e. The molecule has 3 saturated heterocycles. The van der Waals surface area contributed by atoms with Crippen molar-refractivity contribution in [2.75, 3.05) is 66.5 Å². The number of nitrogens with zero attached hydrogens (tertiary/aromatic N) is 6. The first-order valence-electron chi connectivity index (χ1n) is 24.5. The van der Waals surface area contributed by atoms with Gasteiger partial charge in [-0.3, -0.25) is 9.69 Å². The fraction of sp³-hybridized carbons (Fsp3) is 0.491. The Bertz CT molecular complexity index is 2730. The Balaban J connectivity index is 0.000000250. The number of rotatable bonds is 7. The van der Waals surface area contributed by atoms with Crippen LogP contribution in [0.4, 0.5) is 71.1 Å². The number of piperazine rings is 2. The van der Waals surface area contributed by atoms with E-state index in [1.165, 1.54) is 24.0 Å². The lowest BCUT2D eigenvalue weighted by atomic mass is 9.88. The third-order valence-electron chi connectivity index (χ3n) is 14.6. The fourth-order valence-electron chi connectivity index (χ4n) is 10.1. The summed E-state index contributed by atoms with van der Waals surface area (Å²) in [7, 11) is 2.74. The highest BCUT2D eigenvalue weighted by molar-refractivity contribution is 5.76. The molecule has 4 aromatic rings. The number of urea groups is 2. The lowest BCUT2D eigenvalue weighted by molar-refractivity contribution is -0.143. The second-order valence-corrected chi connectivity index (χ2v) is 19.7. The van der Waals surface area contributed by atoms with Gasteiger partial charge in [0.25, 0.3) is 0 Å². The van der Waals surface area contributed by atoms with Gasteiger partial charge in [-0.15, -0.1) is 0 Å². The maximum absolute atomic E-state index is 14.0. The van der Waals surface area contributed by atoms with Crippen molar-refractivity contribution >= 4 is 18.0 Å². The quantitative estimate of drug-likeness (QED) is 0.187. The van der Waals surface area contributed by atoms with Gasteiger partial charge in [0.15, 0.2) is 0 Å². The molecule has 5 atom stereocenters. The summed E-state index contributed by atoms with van der Waals surface area (Å²) >= 11 is 0.